The highest BCUT2D eigenvalue weighted by molar-refractivity contribution is 9.09. The smallest absolute Gasteiger partial charge is 0.411 e. The van der Waals surface area contributed by atoms with Gasteiger partial charge < -0.3 is 5.11 Å². The molecule has 0 bridgehead atoms. The van der Waals surface area contributed by atoms with Crippen molar-refractivity contribution in [2.24, 2.45) is 0 Å². The van der Waals surface area contributed by atoms with Crippen LogP contribution in [0.3, 0.4) is 0 Å². The molecule has 1 aromatic rings. The van der Waals surface area contributed by atoms with Crippen LogP contribution in [-0.4, -0.2) is 23.1 Å². The number of rotatable bonds is 4. The van der Waals surface area contributed by atoms with E-state index >= 15 is 0 Å². The summed E-state index contributed by atoms with van der Waals surface area (Å²) in [5.74, 6) is 0. The van der Waals surface area contributed by atoms with Gasteiger partial charge in [0.2, 0.25) is 0 Å². The van der Waals surface area contributed by atoms with Gasteiger partial charge >= 0.3 is 6.09 Å². The van der Waals surface area contributed by atoms with E-state index in [1.54, 1.807) is 24.3 Å². The van der Waals surface area contributed by atoms with Crippen LogP contribution in [0.1, 0.15) is 6.42 Å². The lowest BCUT2D eigenvalue weighted by Gasteiger charge is -2.18. The van der Waals surface area contributed by atoms with E-state index in [1.165, 1.54) is 4.90 Å². The molecule has 15 heavy (non-hydrogen) atoms. The van der Waals surface area contributed by atoms with Crippen LogP contribution in [0.2, 0.25) is 5.02 Å². The van der Waals surface area contributed by atoms with E-state index in [2.05, 4.69) is 15.9 Å². The van der Waals surface area contributed by atoms with Crippen LogP contribution in [0.15, 0.2) is 24.3 Å². The van der Waals surface area contributed by atoms with E-state index in [0.29, 0.717) is 17.3 Å². The van der Waals surface area contributed by atoms with Gasteiger partial charge in [0, 0.05) is 22.6 Å². The number of carbonyl (C=O) groups is 1. The molecule has 0 heterocycles. The lowest BCUT2D eigenvalue weighted by atomic mass is 10.3. The average Bonchev–Trinajstić information content (AvgIpc) is 2.18. The third-order valence-electron chi connectivity index (χ3n) is 1.87. The molecular weight excluding hydrogens is 281 g/mol. The van der Waals surface area contributed by atoms with Crippen molar-refractivity contribution in [2.45, 2.75) is 6.42 Å². The topological polar surface area (TPSA) is 40.5 Å². The molecule has 1 rings (SSSR count). The predicted molar refractivity (Wildman–Crippen MR) is 65.2 cm³/mol. The summed E-state index contributed by atoms with van der Waals surface area (Å²) < 4.78 is 0. The highest BCUT2D eigenvalue weighted by Gasteiger charge is 2.13. The molecule has 0 fully saturated rings. The maximum Gasteiger partial charge on any atom is 0.411 e. The summed E-state index contributed by atoms with van der Waals surface area (Å²) in [4.78, 5) is 12.3. The Bertz CT molecular complexity index is 346. The average molecular weight is 293 g/mol. The van der Waals surface area contributed by atoms with Gasteiger partial charge in [-0.2, -0.15) is 0 Å². The fourth-order valence-corrected chi connectivity index (χ4v) is 1.63. The Labute approximate surface area is 102 Å². The maximum atomic E-state index is 11.0. The van der Waals surface area contributed by atoms with E-state index in [4.69, 9.17) is 16.7 Å². The van der Waals surface area contributed by atoms with Crippen molar-refractivity contribution in [1.82, 2.24) is 0 Å². The zero-order valence-corrected chi connectivity index (χ0v) is 10.3. The normalized spacial score (nSPS) is 10.0. The highest BCUT2D eigenvalue weighted by Crippen LogP contribution is 2.19. The van der Waals surface area contributed by atoms with Crippen molar-refractivity contribution >= 4 is 39.3 Å². The standard InChI is InChI=1S/C10H11BrClNO2/c11-5-2-6-13(10(14)15)9-4-1-3-8(12)7-9/h1,3-4,7H,2,5-6H2,(H,14,15). The molecule has 1 aromatic carbocycles. The molecule has 82 valence electrons. The molecular formula is C10H11BrClNO2. The fourth-order valence-electron chi connectivity index (χ4n) is 1.20. The van der Waals surface area contributed by atoms with Crippen LogP contribution in [0.25, 0.3) is 0 Å². The van der Waals surface area contributed by atoms with Crippen LogP contribution in [0.5, 0.6) is 0 Å². The number of alkyl halides is 1. The summed E-state index contributed by atoms with van der Waals surface area (Å²) in [6.07, 6.45) is -0.197. The van der Waals surface area contributed by atoms with Gasteiger partial charge in [-0.3, -0.25) is 4.90 Å². The summed E-state index contributed by atoms with van der Waals surface area (Å²) in [6.45, 7) is 0.459. The van der Waals surface area contributed by atoms with Crippen molar-refractivity contribution in [1.29, 1.82) is 0 Å². The molecule has 0 aliphatic heterocycles. The Kier molecular flexibility index (Phi) is 4.91. The number of nitrogens with zero attached hydrogens (tertiary/aromatic N) is 1. The van der Waals surface area contributed by atoms with Crippen LogP contribution >= 0.6 is 27.5 Å². The van der Waals surface area contributed by atoms with Gasteiger partial charge in [-0.1, -0.05) is 33.6 Å². The third kappa shape index (κ3) is 3.72. The minimum Gasteiger partial charge on any atom is -0.465 e. The van der Waals surface area contributed by atoms with Crippen LogP contribution < -0.4 is 4.90 Å². The first-order chi connectivity index (χ1) is 7.15. The summed E-state index contributed by atoms with van der Waals surface area (Å²) in [5, 5.41) is 10.3. The molecule has 0 unspecified atom stereocenters. The van der Waals surface area contributed by atoms with Crippen LogP contribution in [0, 0.1) is 0 Å². The molecule has 0 radical (unpaired) electrons. The van der Waals surface area contributed by atoms with E-state index in [9.17, 15) is 4.79 Å². The summed E-state index contributed by atoms with van der Waals surface area (Å²) >= 11 is 9.07. The molecule has 5 heteroatoms. The molecule has 3 nitrogen and oxygen atoms in total. The second kappa shape index (κ2) is 5.98. The number of carboxylic acid groups (broad SMARTS) is 1. The van der Waals surface area contributed by atoms with Crippen molar-refractivity contribution in [3.63, 3.8) is 0 Å². The van der Waals surface area contributed by atoms with Gasteiger partial charge in [0.25, 0.3) is 0 Å². The first-order valence-electron chi connectivity index (χ1n) is 4.47. The van der Waals surface area contributed by atoms with E-state index in [-0.39, 0.29) is 0 Å². The minimum absolute atomic E-state index is 0.459. The highest BCUT2D eigenvalue weighted by atomic mass is 79.9. The molecule has 1 N–H and O–H groups in total. The molecule has 0 atom stereocenters. The molecule has 0 aliphatic rings. The van der Waals surface area contributed by atoms with Gasteiger partial charge in [-0.05, 0) is 24.6 Å². The quantitative estimate of drug-likeness (QED) is 0.861. The van der Waals surface area contributed by atoms with E-state index in [1.807, 2.05) is 0 Å². The van der Waals surface area contributed by atoms with Crippen molar-refractivity contribution in [3.8, 4) is 0 Å². The zero-order valence-electron chi connectivity index (χ0n) is 7.99. The number of amides is 1. The Morgan fingerprint density at radius 2 is 2.27 bits per heavy atom. The molecule has 0 aromatic heterocycles. The summed E-state index contributed by atoms with van der Waals surface area (Å²) in [6, 6.07) is 6.83. The molecule has 1 amide bonds. The molecule has 0 spiro atoms. The monoisotopic (exact) mass is 291 g/mol. The maximum absolute atomic E-state index is 11.0. The van der Waals surface area contributed by atoms with Gasteiger partial charge in [0.1, 0.15) is 0 Å². The van der Waals surface area contributed by atoms with Crippen molar-refractivity contribution in [3.05, 3.63) is 29.3 Å². The third-order valence-corrected chi connectivity index (χ3v) is 2.66. The zero-order chi connectivity index (χ0) is 11.3. The van der Waals surface area contributed by atoms with Crippen molar-refractivity contribution < 1.29 is 9.90 Å². The second-order valence-corrected chi connectivity index (χ2v) is 4.19. The summed E-state index contributed by atoms with van der Waals surface area (Å²) in [5.41, 5.74) is 0.607. The Hall–Kier alpha value is -0.740. The number of anilines is 1. The van der Waals surface area contributed by atoms with Crippen LogP contribution in [-0.2, 0) is 0 Å². The fraction of sp³-hybridized carbons (Fsp3) is 0.300. The Balaban J connectivity index is 2.84. The molecule has 0 aliphatic carbocycles. The second-order valence-electron chi connectivity index (χ2n) is 2.96. The Morgan fingerprint density at radius 3 is 2.80 bits per heavy atom. The molecule has 0 saturated heterocycles. The van der Waals surface area contributed by atoms with Crippen LogP contribution in [0.4, 0.5) is 10.5 Å². The molecule has 0 saturated carbocycles. The summed E-state index contributed by atoms with van der Waals surface area (Å²) in [7, 11) is 0. The first kappa shape index (κ1) is 12.3. The number of hydrogen-bond acceptors (Lipinski definition) is 1. The predicted octanol–water partition coefficient (Wildman–Crippen LogP) is 3.61. The van der Waals surface area contributed by atoms with E-state index in [0.717, 1.165) is 11.8 Å². The van der Waals surface area contributed by atoms with Gasteiger partial charge in [-0.25, -0.2) is 4.79 Å². The number of hydrogen-bond donors (Lipinski definition) is 1. The minimum atomic E-state index is -0.960. The number of benzene rings is 1. The lowest BCUT2D eigenvalue weighted by molar-refractivity contribution is 0.202. The largest absolute Gasteiger partial charge is 0.465 e. The Morgan fingerprint density at radius 1 is 1.53 bits per heavy atom. The SMILES string of the molecule is O=C(O)N(CCCBr)c1cccc(Cl)c1. The van der Waals surface area contributed by atoms with E-state index < -0.39 is 6.09 Å². The van der Waals surface area contributed by atoms with Crippen molar-refractivity contribution in [2.75, 3.05) is 16.8 Å². The first-order valence-corrected chi connectivity index (χ1v) is 5.97. The lowest BCUT2D eigenvalue weighted by Crippen LogP contribution is -2.30. The van der Waals surface area contributed by atoms with Gasteiger partial charge in [0.15, 0.2) is 0 Å². The van der Waals surface area contributed by atoms with Gasteiger partial charge in [-0.15, -0.1) is 0 Å². The number of halogens is 2. The van der Waals surface area contributed by atoms with Gasteiger partial charge in [0.05, 0.1) is 0 Å².